The zero-order valence-corrected chi connectivity index (χ0v) is 12.8. The predicted molar refractivity (Wildman–Crippen MR) is 84.7 cm³/mol. The van der Waals surface area contributed by atoms with Gasteiger partial charge in [-0.3, -0.25) is 4.79 Å². The minimum Gasteiger partial charge on any atom is -0.492 e. The average Bonchev–Trinajstić information content (AvgIpc) is 2.46. The molecule has 20 heavy (non-hydrogen) atoms. The lowest BCUT2D eigenvalue weighted by atomic mass is 9.81. The third-order valence-corrected chi connectivity index (χ3v) is 3.90. The second-order valence-corrected chi connectivity index (χ2v) is 5.01. The zero-order valence-electron chi connectivity index (χ0n) is 12.0. The van der Waals surface area contributed by atoms with Gasteiger partial charge in [0.15, 0.2) is 0 Å². The van der Waals surface area contributed by atoms with Crippen molar-refractivity contribution in [1.29, 1.82) is 0 Å². The number of hydrogen-bond donors (Lipinski definition) is 2. The van der Waals surface area contributed by atoms with Crippen LogP contribution < -0.4 is 15.8 Å². The van der Waals surface area contributed by atoms with Crippen LogP contribution in [-0.2, 0) is 4.79 Å². The fourth-order valence-electron chi connectivity index (χ4n) is 2.05. The van der Waals surface area contributed by atoms with Crippen LogP contribution in [0.3, 0.4) is 0 Å². The normalized spacial score (nSPS) is 10.9. The van der Waals surface area contributed by atoms with Gasteiger partial charge in [-0.25, -0.2) is 0 Å². The van der Waals surface area contributed by atoms with Crippen LogP contribution in [0.4, 0.5) is 0 Å². The summed E-state index contributed by atoms with van der Waals surface area (Å²) in [6, 6.07) is 9.48. The lowest BCUT2D eigenvalue weighted by Crippen LogP contribution is -2.49. The van der Waals surface area contributed by atoms with Gasteiger partial charge < -0.3 is 15.8 Å². The molecule has 0 heterocycles. The summed E-state index contributed by atoms with van der Waals surface area (Å²) in [4.78, 5) is 12.5. The fraction of sp³-hybridized carbons (Fsp3) is 0.467. The number of carbonyl (C=O) groups excluding carboxylic acids is 1. The van der Waals surface area contributed by atoms with Crippen molar-refractivity contribution in [3.8, 4) is 5.75 Å². The predicted octanol–water partition coefficient (Wildman–Crippen LogP) is 2.27. The molecule has 1 aromatic rings. The minimum absolute atomic E-state index is 0.119. The van der Waals surface area contributed by atoms with Crippen molar-refractivity contribution in [2.24, 2.45) is 11.1 Å². The molecule has 0 fully saturated rings. The number of benzene rings is 1. The maximum Gasteiger partial charge on any atom is 0.233 e. The van der Waals surface area contributed by atoms with E-state index >= 15 is 0 Å². The first-order valence-electron chi connectivity index (χ1n) is 6.83. The molecule has 0 aliphatic rings. The minimum atomic E-state index is -0.748. The molecular formula is C15H22N2O2S. The summed E-state index contributed by atoms with van der Waals surface area (Å²) in [6.07, 6.45) is 1.20. The number of rotatable bonds is 8. The van der Waals surface area contributed by atoms with Gasteiger partial charge in [-0.05, 0) is 25.0 Å². The molecule has 1 amide bonds. The number of carbonyl (C=O) groups is 1. The highest BCUT2D eigenvalue weighted by Gasteiger charge is 2.37. The van der Waals surface area contributed by atoms with Gasteiger partial charge in [0, 0.05) is 0 Å². The van der Waals surface area contributed by atoms with Crippen LogP contribution in [-0.4, -0.2) is 24.0 Å². The number of ether oxygens (including phenoxy) is 1. The summed E-state index contributed by atoms with van der Waals surface area (Å²) < 4.78 is 5.52. The first kappa shape index (κ1) is 16.4. The van der Waals surface area contributed by atoms with Crippen LogP contribution in [0.15, 0.2) is 30.3 Å². The highest BCUT2D eigenvalue weighted by molar-refractivity contribution is 7.80. The molecule has 0 saturated heterocycles. The third kappa shape index (κ3) is 3.93. The Bertz CT molecular complexity index is 444. The van der Waals surface area contributed by atoms with E-state index in [0.717, 1.165) is 5.75 Å². The van der Waals surface area contributed by atoms with Gasteiger partial charge in [0.1, 0.15) is 12.4 Å². The highest BCUT2D eigenvalue weighted by Crippen LogP contribution is 2.27. The van der Waals surface area contributed by atoms with Gasteiger partial charge in [0.25, 0.3) is 0 Å². The Labute approximate surface area is 125 Å². The van der Waals surface area contributed by atoms with E-state index in [1.807, 2.05) is 44.2 Å². The van der Waals surface area contributed by atoms with Gasteiger partial charge in [0.05, 0.1) is 16.9 Å². The van der Waals surface area contributed by atoms with Crippen molar-refractivity contribution in [1.82, 2.24) is 5.32 Å². The number of hydrogen-bond acceptors (Lipinski definition) is 3. The van der Waals surface area contributed by atoms with E-state index in [-0.39, 0.29) is 10.9 Å². The molecule has 4 nitrogen and oxygen atoms in total. The van der Waals surface area contributed by atoms with Gasteiger partial charge in [-0.15, -0.1) is 0 Å². The van der Waals surface area contributed by atoms with Crippen molar-refractivity contribution < 1.29 is 9.53 Å². The molecule has 0 radical (unpaired) electrons. The molecule has 5 heteroatoms. The number of nitrogens with two attached hydrogens (primary N) is 1. The van der Waals surface area contributed by atoms with Crippen molar-refractivity contribution in [2.75, 3.05) is 13.2 Å². The first-order chi connectivity index (χ1) is 9.56. The summed E-state index contributed by atoms with van der Waals surface area (Å²) >= 11 is 5.04. The summed E-state index contributed by atoms with van der Waals surface area (Å²) in [6.45, 7) is 4.68. The molecule has 3 N–H and O–H groups in total. The van der Waals surface area contributed by atoms with E-state index in [1.165, 1.54) is 0 Å². The number of thiocarbonyl (C=S) groups is 1. The molecular weight excluding hydrogens is 272 g/mol. The van der Waals surface area contributed by atoms with E-state index < -0.39 is 5.41 Å². The maximum atomic E-state index is 12.2. The Morgan fingerprint density at radius 1 is 1.30 bits per heavy atom. The Morgan fingerprint density at radius 2 is 1.90 bits per heavy atom. The molecule has 1 aromatic carbocycles. The van der Waals surface area contributed by atoms with E-state index in [4.69, 9.17) is 22.7 Å². The van der Waals surface area contributed by atoms with Crippen molar-refractivity contribution in [3.63, 3.8) is 0 Å². The van der Waals surface area contributed by atoms with Crippen LogP contribution in [0.5, 0.6) is 5.75 Å². The van der Waals surface area contributed by atoms with Crippen LogP contribution in [0.1, 0.15) is 26.7 Å². The van der Waals surface area contributed by atoms with E-state index in [2.05, 4.69) is 5.32 Å². The number of para-hydroxylation sites is 1. The lowest BCUT2D eigenvalue weighted by molar-refractivity contribution is -0.127. The summed E-state index contributed by atoms with van der Waals surface area (Å²) in [5.74, 6) is 0.667. The number of nitrogens with one attached hydrogen (secondary N) is 1. The second-order valence-electron chi connectivity index (χ2n) is 4.57. The van der Waals surface area contributed by atoms with Gasteiger partial charge in [-0.1, -0.05) is 44.3 Å². The molecule has 0 spiro atoms. The Hall–Kier alpha value is -1.62. The molecule has 0 aliphatic heterocycles. The van der Waals surface area contributed by atoms with Crippen molar-refractivity contribution in [3.05, 3.63) is 30.3 Å². The Balaban J connectivity index is 2.44. The monoisotopic (exact) mass is 294 g/mol. The van der Waals surface area contributed by atoms with E-state index in [1.54, 1.807) is 0 Å². The molecule has 1 rings (SSSR count). The quantitative estimate of drug-likeness (QED) is 0.570. The highest BCUT2D eigenvalue weighted by atomic mass is 32.1. The molecule has 0 unspecified atom stereocenters. The number of amides is 1. The topological polar surface area (TPSA) is 64.3 Å². The maximum absolute atomic E-state index is 12.2. The third-order valence-electron chi connectivity index (χ3n) is 3.51. The summed E-state index contributed by atoms with van der Waals surface area (Å²) in [5, 5.41) is 2.85. The molecule has 0 aliphatic carbocycles. The second kappa shape index (κ2) is 7.85. The van der Waals surface area contributed by atoms with Crippen LogP contribution in [0, 0.1) is 5.41 Å². The zero-order chi connectivity index (χ0) is 15.0. The summed E-state index contributed by atoms with van der Waals surface area (Å²) in [5.41, 5.74) is 4.98. The van der Waals surface area contributed by atoms with Gasteiger partial charge in [-0.2, -0.15) is 0 Å². The standard InChI is InChI=1S/C15H22N2O2S/c1-3-15(4-2,13(16)20)14(18)17-10-11-19-12-8-6-5-7-9-12/h5-9H,3-4,10-11H2,1-2H3,(H2,16,20)(H,17,18). The van der Waals surface area contributed by atoms with Crippen molar-refractivity contribution >= 4 is 23.1 Å². The average molecular weight is 294 g/mol. The van der Waals surface area contributed by atoms with Gasteiger partial charge in [0.2, 0.25) is 5.91 Å². The SMILES string of the molecule is CCC(CC)(C(=O)NCCOc1ccccc1)C(N)=S. The molecule has 0 atom stereocenters. The fourth-order valence-corrected chi connectivity index (χ4v) is 2.43. The van der Waals surface area contributed by atoms with Crippen LogP contribution >= 0.6 is 12.2 Å². The van der Waals surface area contributed by atoms with Gasteiger partial charge >= 0.3 is 0 Å². The van der Waals surface area contributed by atoms with E-state index in [9.17, 15) is 4.79 Å². The molecule has 0 aromatic heterocycles. The lowest BCUT2D eigenvalue weighted by Gasteiger charge is -2.28. The summed E-state index contributed by atoms with van der Waals surface area (Å²) in [7, 11) is 0. The van der Waals surface area contributed by atoms with Crippen LogP contribution in [0.25, 0.3) is 0 Å². The molecule has 110 valence electrons. The Morgan fingerprint density at radius 3 is 2.40 bits per heavy atom. The molecule has 0 saturated carbocycles. The molecule has 0 bridgehead atoms. The smallest absolute Gasteiger partial charge is 0.233 e. The van der Waals surface area contributed by atoms with E-state index in [0.29, 0.717) is 26.0 Å². The Kier molecular flexibility index (Phi) is 6.45. The largest absolute Gasteiger partial charge is 0.492 e. The van der Waals surface area contributed by atoms with Crippen molar-refractivity contribution in [2.45, 2.75) is 26.7 Å². The first-order valence-corrected chi connectivity index (χ1v) is 7.23. The van der Waals surface area contributed by atoms with Crippen LogP contribution in [0.2, 0.25) is 0 Å².